The molecule has 0 bridgehead atoms. The second-order valence-corrected chi connectivity index (χ2v) is 5.33. The lowest BCUT2D eigenvalue weighted by Gasteiger charge is -2.37. The molecule has 0 heterocycles. The molecule has 0 atom stereocenters. The molecule has 0 aromatic carbocycles. The van der Waals surface area contributed by atoms with Gasteiger partial charge in [-0.3, -0.25) is 4.57 Å². The van der Waals surface area contributed by atoms with Gasteiger partial charge < -0.3 is 15.1 Å². The van der Waals surface area contributed by atoms with Crippen LogP contribution in [0.2, 0.25) is 0 Å². The van der Waals surface area contributed by atoms with Crippen molar-refractivity contribution in [1.82, 2.24) is 5.32 Å². The van der Waals surface area contributed by atoms with E-state index in [1.54, 1.807) is 7.05 Å². The van der Waals surface area contributed by atoms with E-state index >= 15 is 0 Å². The van der Waals surface area contributed by atoms with Crippen molar-refractivity contribution in [2.24, 2.45) is 0 Å². The Labute approximate surface area is 72.5 Å². The Kier molecular flexibility index (Phi) is 2.94. The van der Waals surface area contributed by atoms with Gasteiger partial charge in [0.05, 0.1) is 0 Å². The van der Waals surface area contributed by atoms with E-state index < -0.39 is 12.9 Å². The van der Waals surface area contributed by atoms with Gasteiger partial charge in [-0.2, -0.15) is 0 Å². The second kappa shape index (κ2) is 3.46. The van der Waals surface area contributed by atoms with E-state index in [9.17, 15) is 4.57 Å². The Morgan fingerprint density at radius 2 is 1.75 bits per heavy atom. The SMILES string of the molecule is CNC1(P(=O)(O)O)CCCCC1. The first-order valence-corrected chi connectivity index (χ1v) is 5.88. The Bertz CT molecular complexity index is 195. The minimum atomic E-state index is -3.98. The molecule has 0 radical (unpaired) electrons. The van der Waals surface area contributed by atoms with E-state index in [1.165, 1.54) is 0 Å². The zero-order valence-corrected chi connectivity index (χ0v) is 8.18. The quantitative estimate of drug-likeness (QED) is 0.573. The van der Waals surface area contributed by atoms with Gasteiger partial charge in [-0.05, 0) is 19.9 Å². The van der Waals surface area contributed by atoms with Crippen molar-refractivity contribution in [3.05, 3.63) is 0 Å². The highest BCUT2D eigenvalue weighted by Gasteiger charge is 2.45. The highest BCUT2D eigenvalue weighted by Crippen LogP contribution is 2.55. The minimum Gasteiger partial charge on any atom is -0.323 e. The highest BCUT2D eigenvalue weighted by atomic mass is 31.2. The first-order valence-electron chi connectivity index (χ1n) is 4.26. The molecule has 0 aromatic heterocycles. The van der Waals surface area contributed by atoms with Crippen LogP contribution < -0.4 is 5.32 Å². The van der Waals surface area contributed by atoms with E-state index in [1.807, 2.05) is 0 Å². The smallest absolute Gasteiger partial charge is 0.323 e. The van der Waals surface area contributed by atoms with Gasteiger partial charge in [-0.15, -0.1) is 0 Å². The summed E-state index contributed by atoms with van der Waals surface area (Å²) >= 11 is 0. The molecular weight excluding hydrogens is 177 g/mol. The first kappa shape index (κ1) is 10.2. The topological polar surface area (TPSA) is 69.6 Å². The van der Waals surface area contributed by atoms with Crippen LogP contribution >= 0.6 is 7.60 Å². The lowest BCUT2D eigenvalue weighted by Crippen LogP contribution is -2.44. The molecule has 12 heavy (non-hydrogen) atoms. The van der Waals surface area contributed by atoms with E-state index in [0.29, 0.717) is 12.8 Å². The fourth-order valence-corrected chi connectivity index (χ4v) is 3.01. The standard InChI is InChI=1S/C7H16NO3P/c1-8-7(12(9,10)11)5-3-2-4-6-7/h8H,2-6H2,1H3,(H2,9,10,11). The third-order valence-electron chi connectivity index (χ3n) is 2.70. The van der Waals surface area contributed by atoms with Crippen LogP contribution in [0, 0.1) is 0 Å². The van der Waals surface area contributed by atoms with Crippen molar-refractivity contribution in [3.8, 4) is 0 Å². The van der Waals surface area contributed by atoms with Crippen LogP contribution in [0.4, 0.5) is 0 Å². The van der Waals surface area contributed by atoms with Crippen LogP contribution in [0.3, 0.4) is 0 Å². The van der Waals surface area contributed by atoms with Crippen molar-refractivity contribution < 1.29 is 14.4 Å². The zero-order valence-electron chi connectivity index (χ0n) is 7.29. The van der Waals surface area contributed by atoms with Gasteiger partial charge in [0.1, 0.15) is 5.28 Å². The summed E-state index contributed by atoms with van der Waals surface area (Å²) in [5, 5.41) is 1.87. The molecule has 0 saturated heterocycles. The van der Waals surface area contributed by atoms with Gasteiger partial charge >= 0.3 is 7.60 Å². The summed E-state index contributed by atoms with van der Waals surface area (Å²) in [5.41, 5.74) is 0. The van der Waals surface area contributed by atoms with Crippen molar-refractivity contribution in [3.63, 3.8) is 0 Å². The van der Waals surface area contributed by atoms with Crippen molar-refractivity contribution in [2.75, 3.05) is 7.05 Å². The number of hydrogen-bond acceptors (Lipinski definition) is 2. The highest BCUT2D eigenvalue weighted by molar-refractivity contribution is 7.53. The number of nitrogens with one attached hydrogen (secondary N) is 1. The molecule has 0 unspecified atom stereocenters. The predicted molar refractivity (Wildman–Crippen MR) is 46.9 cm³/mol. The predicted octanol–water partition coefficient (Wildman–Crippen LogP) is 1.04. The molecule has 1 fully saturated rings. The zero-order chi connectivity index (χ0) is 9.24. The third-order valence-corrected chi connectivity index (χ3v) is 4.49. The summed E-state index contributed by atoms with van der Waals surface area (Å²) in [6, 6.07) is 0. The third kappa shape index (κ3) is 1.72. The largest absolute Gasteiger partial charge is 0.345 e. The molecule has 0 aliphatic heterocycles. The number of rotatable bonds is 2. The minimum absolute atomic E-state index is 0.591. The maximum absolute atomic E-state index is 11.2. The summed E-state index contributed by atoms with van der Waals surface area (Å²) in [6.07, 6.45) is 4.09. The van der Waals surface area contributed by atoms with Crippen LogP contribution in [0.25, 0.3) is 0 Å². The van der Waals surface area contributed by atoms with E-state index in [-0.39, 0.29) is 0 Å². The summed E-state index contributed by atoms with van der Waals surface area (Å²) in [5.74, 6) is 0. The van der Waals surface area contributed by atoms with E-state index in [4.69, 9.17) is 9.79 Å². The van der Waals surface area contributed by atoms with Gasteiger partial charge in [-0.1, -0.05) is 19.3 Å². The average molecular weight is 193 g/mol. The van der Waals surface area contributed by atoms with Crippen LogP contribution in [0.1, 0.15) is 32.1 Å². The van der Waals surface area contributed by atoms with Gasteiger partial charge in [0, 0.05) is 0 Å². The molecule has 1 saturated carbocycles. The average Bonchev–Trinajstić information content (AvgIpc) is 2.04. The Hall–Kier alpha value is 0.110. The molecule has 3 N–H and O–H groups in total. The first-order chi connectivity index (χ1) is 5.52. The molecule has 72 valence electrons. The van der Waals surface area contributed by atoms with Gasteiger partial charge in [0.25, 0.3) is 0 Å². The second-order valence-electron chi connectivity index (χ2n) is 3.39. The van der Waals surface area contributed by atoms with Crippen LogP contribution in [-0.4, -0.2) is 22.1 Å². The van der Waals surface area contributed by atoms with Crippen molar-refractivity contribution in [1.29, 1.82) is 0 Å². The van der Waals surface area contributed by atoms with Gasteiger partial charge in [0.15, 0.2) is 0 Å². The monoisotopic (exact) mass is 193 g/mol. The fourth-order valence-electron chi connectivity index (χ4n) is 1.82. The molecule has 0 aromatic rings. The molecule has 4 nitrogen and oxygen atoms in total. The lowest BCUT2D eigenvalue weighted by atomic mass is 9.95. The van der Waals surface area contributed by atoms with Crippen LogP contribution in [0.5, 0.6) is 0 Å². The van der Waals surface area contributed by atoms with E-state index in [2.05, 4.69) is 5.32 Å². The Balaban J connectivity index is 2.81. The van der Waals surface area contributed by atoms with Gasteiger partial charge in [0.2, 0.25) is 0 Å². The van der Waals surface area contributed by atoms with Crippen molar-refractivity contribution >= 4 is 7.60 Å². The molecule has 0 spiro atoms. The summed E-state index contributed by atoms with van der Waals surface area (Å²) in [7, 11) is -2.35. The maximum Gasteiger partial charge on any atom is 0.345 e. The lowest BCUT2D eigenvalue weighted by molar-refractivity contribution is 0.255. The van der Waals surface area contributed by atoms with Crippen LogP contribution in [-0.2, 0) is 4.57 Å². The molecule has 0 amide bonds. The molecule has 5 heteroatoms. The molecule has 1 rings (SSSR count). The maximum atomic E-state index is 11.2. The summed E-state index contributed by atoms with van der Waals surface area (Å²) in [6.45, 7) is 0. The molecule has 1 aliphatic carbocycles. The normalized spacial score (nSPS) is 23.9. The Morgan fingerprint density at radius 1 is 1.25 bits per heavy atom. The summed E-state index contributed by atoms with van der Waals surface area (Å²) < 4.78 is 11.2. The van der Waals surface area contributed by atoms with Crippen LogP contribution in [0.15, 0.2) is 0 Å². The fraction of sp³-hybridized carbons (Fsp3) is 1.00. The van der Waals surface area contributed by atoms with Crippen molar-refractivity contribution in [2.45, 2.75) is 37.4 Å². The summed E-state index contributed by atoms with van der Waals surface area (Å²) in [4.78, 5) is 18.3. The number of hydrogen-bond donors (Lipinski definition) is 3. The van der Waals surface area contributed by atoms with Gasteiger partial charge in [-0.25, -0.2) is 0 Å². The Morgan fingerprint density at radius 3 is 2.00 bits per heavy atom. The molecular formula is C7H16NO3P. The molecule has 1 aliphatic rings. The van der Waals surface area contributed by atoms with E-state index in [0.717, 1.165) is 19.3 Å².